The summed E-state index contributed by atoms with van der Waals surface area (Å²) in [6, 6.07) is 8.25. The Morgan fingerprint density at radius 3 is 2.69 bits per heavy atom. The topological polar surface area (TPSA) is 87.2 Å². The van der Waals surface area contributed by atoms with Crippen molar-refractivity contribution in [3.05, 3.63) is 42.5 Å². The van der Waals surface area contributed by atoms with Gasteiger partial charge in [0.05, 0.1) is 19.0 Å². The number of piperidine rings is 1. The smallest absolute Gasteiger partial charge is 0.182 e. The Morgan fingerprint density at radius 2 is 1.92 bits per heavy atom. The van der Waals surface area contributed by atoms with E-state index in [1.165, 1.54) is 0 Å². The zero-order valence-electron chi connectivity index (χ0n) is 14.6. The monoisotopic (exact) mass is 351 g/mol. The molecular weight excluding hydrogens is 330 g/mol. The van der Waals surface area contributed by atoms with Crippen LogP contribution >= 0.6 is 0 Å². The van der Waals surface area contributed by atoms with Crippen molar-refractivity contribution >= 4 is 17.0 Å². The Balaban J connectivity index is 1.53. The molecule has 1 aromatic carbocycles. The number of nitrogens with zero attached hydrogens (tertiary/aromatic N) is 4. The maximum Gasteiger partial charge on any atom is 0.182 e. The molecule has 5 rings (SSSR count). The van der Waals surface area contributed by atoms with Crippen molar-refractivity contribution in [1.29, 1.82) is 0 Å². The molecule has 134 valence electrons. The highest BCUT2D eigenvalue weighted by Gasteiger charge is 2.50. The first-order chi connectivity index (χ1) is 12.7. The van der Waals surface area contributed by atoms with Crippen molar-refractivity contribution in [2.24, 2.45) is 0 Å². The van der Waals surface area contributed by atoms with E-state index in [4.69, 9.17) is 4.74 Å². The summed E-state index contributed by atoms with van der Waals surface area (Å²) in [5, 5.41) is 11.5. The van der Waals surface area contributed by atoms with E-state index in [1.54, 1.807) is 19.8 Å². The fourth-order valence-corrected chi connectivity index (χ4v) is 4.77. The largest absolute Gasteiger partial charge is 0.496 e. The van der Waals surface area contributed by atoms with Gasteiger partial charge in [-0.2, -0.15) is 0 Å². The highest BCUT2D eigenvalue weighted by atomic mass is 16.5. The van der Waals surface area contributed by atoms with E-state index in [0.29, 0.717) is 18.5 Å². The maximum atomic E-state index is 11.5. The minimum absolute atomic E-state index is 0.227. The molecule has 2 bridgehead atoms. The summed E-state index contributed by atoms with van der Waals surface area (Å²) < 4.78 is 5.51. The quantitative estimate of drug-likeness (QED) is 0.753. The predicted octanol–water partition coefficient (Wildman–Crippen LogP) is 2.38. The number of benzene rings is 1. The van der Waals surface area contributed by atoms with Crippen LogP contribution in [0.3, 0.4) is 0 Å². The van der Waals surface area contributed by atoms with E-state index < -0.39 is 5.60 Å². The Bertz CT molecular complexity index is 942. The van der Waals surface area contributed by atoms with E-state index >= 15 is 0 Å². The molecule has 0 radical (unpaired) electrons. The number of hydrogen-bond donors (Lipinski definition) is 2. The number of ether oxygens (including phenoxy) is 1. The van der Waals surface area contributed by atoms with Gasteiger partial charge in [-0.15, -0.1) is 0 Å². The molecule has 2 aliphatic heterocycles. The summed E-state index contributed by atoms with van der Waals surface area (Å²) in [6.07, 6.45) is 6.62. The van der Waals surface area contributed by atoms with Crippen LogP contribution in [0.15, 0.2) is 36.9 Å². The van der Waals surface area contributed by atoms with Crippen LogP contribution in [0.2, 0.25) is 0 Å². The molecule has 2 aromatic heterocycles. The molecule has 0 amide bonds. The second-order valence-electron chi connectivity index (χ2n) is 7.23. The van der Waals surface area contributed by atoms with Crippen molar-refractivity contribution in [2.75, 3.05) is 12.0 Å². The fraction of sp³-hybridized carbons (Fsp3) is 0.421. The van der Waals surface area contributed by atoms with Gasteiger partial charge in [-0.05, 0) is 18.9 Å². The Morgan fingerprint density at radius 1 is 1.15 bits per heavy atom. The van der Waals surface area contributed by atoms with E-state index in [9.17, 15) is 5.11 Å². The number of aromatic amines is 1. The average molecular weight is 351 g/mol. The van der Waals surface area contributed by atoms with E-state index in [2.05, 4.69) is 24.8 Å². The molecule has 4 heterocycles. The minimum Gasteiger partial charge on any atom is -0.496 e. The van der Waals surface area contributed by atoms with Crippen LogP contribution in [-0.4, -0.2) is 44.2 Å². The third kappa shape index (κ3) is 2.20. The average Bonchev–Trinajstić information content (AvgIpc) is 3.25. The highest BCUT2D eigenvalue weighted by Crippen LogP contribution is 2.49. The van der Waals surface area contributed by atoms with Gasteiger partial charge in [0.2, 0.25) is 0 Å². The molecule has 7 heteroatoms. The van der Waals surface area contributed by atoms with Crippen molar-refractivity contribution in [1.82, 2.24) is 19.9 Å². The van der Waals surface area contributed by atoms with Gasteiger partial charge in [0.25, 0.3) is 0 Å². The van der Waals surface area contributed by atoms with E-state index in [0.717, 1.165) is 35.5 Å². The fourth-order valence-electron chi connectivity index (χ4n) is 4.77. The molecule has 2 saturated heterocycles. The molecular formula is C19H21N5O2. The zero-order chi connectivity index (χ0) is 17.7. The first-order valence-corrected chi connectivity index (χ1v) is 8.98. The molecule has 0 unspecified atom stereocenters. The highest BCUT2D eigenvalue weighted by molar-refractivity contribution is 5.83. The SMILES string of the molecule is COc1ccccc1C1(O)C[C@@H]2CC[C@@H](C1)N2c1ncnc2nc[nH]c12. The van der Waals surface area contributed by atoms with Gasteiger partial charge < -0.3 is 19.7 Å². The summed E-state index contributed by atoms with van der Waals surface area (Å²) >= 11 is 0. The van der Waals surface area contributed by atoms with Crippen LogP contribution < -0.4 is 9.64 Å². The van der Waals surface area contributed by atoms with Crippen LogP contribution in [0.1, 0.15) is 31.2 Å². The number of para-hydroxylation sites is 1. The van der Waals surface area contributed by atoms with Gasteiger partial charge in [0, 0.05) is 30.5 Å². The molecule has 7 nitrogen and oxygen atoms in total. The van der Waals surface area contributed by atoms with Crippen molar-refractivity contribution < 1.29 is 9.84 Å². The lowest BCUT2D eigenvalue weighted by Crippen LogP contribution is -2.50. The van der Waals surface area contributed by atoms with Crippen LogP contribution in [0.25, 0.3) is 11.2 Å². The number of anilines is 1. The molecule has 26 heavy (non-hydrogen) atoms. The Kier molecular flexibility index (Phi) is 3.40. The Hall–Kier alpha value is -2.67. The predicted molar refractivity (Wildman–Crippen MR) is 97.1 cm³/mol. The van der Waals surface area contributed by atoms with Gasteiger partial charge in [-0.1, -0.05) is 18.2 Å². The number of methoxy groups -OCH3 is 1. The molecule has 0 saturated carbocycles. The van der Waals surface area contributed by atoms with Crippen molar-refractivity contribution in [2.45, 2.75) is 43.4 Å². The second-order valence-corrected chi connectivity index (χ2v) is 7.23. The second kappa shape index (κ2) is 5.67. The molecule has 3 aromatic rings. The molecule has 0 aliphatic carbocycles. The summed E-state index contributed by atoms with van der Waals surface area (Å²) in [5.74, 6) is 1.64. The van der Waals surface area contributed by atoms with Gasteiger partial charge in [0.15, 0.2) is 11.5 Å². The number of H-pyrrole nitrogens is 1. The van der Waals surface area contributed by atoms with Crippen LogP contribution in [0, 0.1) is 0 Å². The zero-order valence-corrected chi connectivity index (χ0v) is 14.6. The van der Waals surface area contributed by atoms with Crippen LogP contribution in [0.5, 0.6) is 5.75 Å². The summed E-state index contributed by atoms with van der Waals surface area (Å²) in [7, 11) is 1.65. The lowest BCUT2D eigenvalue weighted by atomic mass is 9.80. The molecule has 2 atom stereocenters. The first-order valence-electron chi connectivity index (χ1n) is 8.98. The molecule has 2 N–H and O–H groups in total. The van der Waals surface area contributed by atoms with Crippen LogP contribution in [0.4, 0.5) is 5.82 Å². The number of aliphatic hydroxyl groups is 1. The minimum atomic E-state index is -0.880. The number of imidazole rings is 1. The van der Waals surface area contributed by atoms with Gasteiger partial charge >= 0.3 is 0 Å². The number of fused-ring (bicyclic) bond motifs is 3. The number of aromatic nitrogens is 4. The molecule has 2 fully saturated rings. The lowest BCUT2D eigenvalue weighted by molar-refractivity contribution is -0.00503. The summed E-state index contributed by atoms with van der Waals surface area (Å²) in [6.45, 7) is 0. The van der Waals surface area contributed by atoms with Crippen molar-refractivity contribution in [3.63, 3.8) is 0 Å². The Labute approximate surface area is 151 Å². The summed E-state index contributed by atoms with van der Waals surface area (Å²) in [4.78, 5) is 18.5. The normalized spacial score (nSPS) is 27.8. The first kappa shape index (κ1) is 15.6. The lowest BCUT2D eigenvalue weighted by Gasteiger charge is -2.45. The van der Waals surface area contributed by atoms with Gasteiger partial charge in [0.1, 0.15) is 17.6 Å². The maximum absolute atomic E-state index is 11.5. The molecule has 0 spiro atoms. The summed E-state index contributed by atoms with van der Waals surface area (Å²) in [5.41, 5.74) is 1.55. The third-order valence-electron chi connectivity index (χ3n) is 5.82. The van der Waals surface area contributed by atoms with Crippen molar-refractivity contribution in [3.8, 4) is 5.75 Å². The number of nitrogens with one attached hydrogen (secondary N) is 1. The van der Waals surface area contributed by atoms with Crippen LogP contribution in [-0.2, 0) is 5.60 Å². The number of hydrogen-bond acceptors (Lipinski definition) is 6. The standard InChI is InChI=1S/C19H21N5O2/c1-26-15-5-3-2-4-14(15)19(25)8-12-6-7-13(9-19)24(12)18-16-17(21-10-20-16)22-11-23-18/h2-5,10-13,25H,6-9H2,1H3,(H,20,21,22,23)/t12-,13-/m0/s1. The van der Waals surface area contributed by atoms with Gasteiger partial charge in [-0.3, -0.25) is 0 Å². The number of rotatable bonds is 3. The third-order valence-corrected chi connectivity index (χ3v) is 5.82. The molecule has 2 aliphatic rings. The van der Waals surface area contributed by atoms with Gasteiger partial charge in [-0.25, -0.2) is 15.0 Å². The van der Waals surface area contributed by atoms with E-state index in [-0.39, 0.29) is 12.1 Å². The van der Waals surface area contributed by atoms with E-state index in [1.807, 2.05) is 24.3 Å².